The highest BCUT2D eigenvalue weighted by molar-refractivity contribution is 7.99. The lowest BCUT2D eigenvalue weighted by molar-refractivity contribution is 0.414. The molecular weight excluding hydrogens is 308 g/mol. The second-order valence-corrected chi connectivity index (χ2v) is 5.70. The van der Waals surface area contributed by atoms with E-state index >= 15 is 0 Å². The van der Waals surface area contributed by atoms with E-state index in [1.807, 2.05) is 42.5 Å². The van der Waals surface area contributed by atoms with Gasteiger partial charge in [-0.3, -0.25) is 0 Å². The molecule has 0 amide bonds. The fourth-order valence-corrected chi connectivity index (χ4v) is 2.56. The van der Waals surface area contributed by atoms with Gasteiger partial charge in [0.15, 0.2) is 0 Å². The van der Waals surface area contributed by atoms with Crippen molar-refractivity contribution in [1.82, 2.24) is 10.2 Å². The number of hydrogen-bond donors (Lipinski definition) is 0. The van der Waals surface area contributed by atoms with Crippen LogP contribution in [0.3, 0.4) is 0 Å². The highest BCUT2D eigenvalue weighted by Gasteiger charge is 2.08. The van der Waals surface area contributed by atoms with Crippen LogP contribution in [0.25, 0.3) is 17.5 Å². The summed E-state index contributed by atoms with van der Waals surface area (Å²) in [7, 11) is 1.64. The number of benzene rings is 2. The van der Waals surface area contributed by atoms with E-state index in [-0.39, 0.29) is 0 Å². The molecular formula is C18H16N2O2S. The molecule has 0 fully saturated rings. The Hall–Kier alpha value is -2.53. The maximum Gasteiger partial charge on any atom is 0.277 e. The predicted molar refractivity (Wildman–Crippen MR) is 92.5 cm³/mol. The molecule has 0 aliphatic heterocycles. The normalized spacial score (nSPS) is 11.0. The summed E-state index contributed by atoms with van der Waals surface area (Å²) in [5.74, 6) is 2.09. The van der Waals surface area contributed by atoms with E-state index in [0.717, 1.165) is 17.1 Å². The van der Waals surface area contributed by atoms with E-state index in [1.165, 1.54) is 17.3 Å². The van der Waals surface area contributed by atoms with Gasteiger partial charge in [0.1, 0.15) is 5.75 Å². The maximum atomic E-state index is 5.66. The Morgan fingerprint density at radius 2 is 1.83 bits per heavy atom. The van der Waals surface area contributed by atoms with Gasteiger partial charge in [-0.05, 0) is 29.8 Å². The summed E-state index contributed by atoms with van der Waals surface area (Å²) in [6.45, 7) is 0. The fourth-order valence-electron chi connectivity index (χ4n) is 1.99. The molecule has 4 nitrogen and oxygen atoms in total. The lowest BCUT2D eigenvalue weighted by Gasteiger charge is -1.99. The van der Waals surface area contributed by atoms with Gasteiger partial charge in [0.2, 0.25) is 5.89 Å². The van der Waals surface area contributed by atoms with E-state index in [9.17, 15) is 0 Å². The van der Waals surface area contributed by atoms with Gasteiger partial charge in [-0.15, -0.1) is 10.2 Å². The zero-order valence-electron chi connectivity index (χ0n) is 12.7. The minimum Gasteiger partial charge on any atom is -0.497 e. The summed E-state index contributed by atoms with van der Waals surface area (Å²) in [5, 5.41) is 8.70. The van der Waals surface area contributed by atoms with Gasteiger partial charge in [0.25, 0.3) is 5.22 Å². The minimum absolute atomic E-state index is 0.516. The Kier molecular flexibility index (Phi) is 5.11. The molecule has 0 aliphatic carbocycles. The van der Waals surface area contributed by atoms with Gasteiger partial charge in [-0.2, -0.15) is 0 Å². The zero-order valence-corrected chi connectivity index (χ0v) is 13.5. The second kappa shape index (κ2) is 7.65. The van der Waals surface area contributed by atoms with Crippen molar-refractivity contribution >= 4 is 17.8 Å². The van der Waals surface area contributed by atoms with Crippen LogP contribution in [0.5, 0.6) is 5.75 Å². The molecule has 0 saturated carbocycles. The first-order valence-corrected chi connectivity index (χ1v) is 8.16. The molecule has 0 unspecified atom stereocenters. The summed E-state index contributed by atoms with van der Waals surface area (Å²) in [5.41, 5.74) is 2.06. The summed E-state index contributed by atoms with van der Waals surface area (Å²) in [4.78, 5) is 0. The Labute approximate surface area is 139 Å². The number of methoxy groups -OCH3 is 1. The van der Waals surface area contributed by atoms with Crippen molar-refractivity contribution in [3.05, 3.63) is 66.2 Å². The molecule has 0 spiro atoms. The average Bonchev–Trinajstić information content (AvgIpc) is 3.09. The van der Waals surface area contributed by atoms with E-state index < -0.39 is 0 Å². The van der Waals surface area contributed by atoms with Crippen LogP contribution in [0, 0.1) is 0 Å². The summed E-state index contributed by atoms with van der Waals surface area (Å²) < 4.78 is 10.8. The molecule has 116 valence electrons. The van der Waals surface area contributed by atoms with Crippen molar-refractivity contribution in [3.63, 3.8) is 0 Å². The number of aromatic nitrogens is 2. The third-order valence-electron chi connectivity index (χ3n) is 3.16. The second-order valence-electron chi connectivity index (χ2n) is 4.73. The maximum absolute atomic E-state index is 5.66. The van der Waals surface area contributed by atoms with E-state index in [0.29, 0.717) is 11.1 Å². The molecule has 0 atom stereocenters. The summed E-state index contributed by atoms with van der Waals surface area (Å²) >= 11 is 1.51. The van der Waals surface area contributed by atoms with Crippen LogP contribution < -0.4 is 4.74 Å². The first-order valence-electron chi connectivity index (χ1n) is 7.17. The fraction of sp³-hybridized carbons (Fsp3) is 0.111. The number of ether oxygens (including phenoxy) is 1. The summed E-state index contributed by atoms with van der Waals surface area (Å²) in [6.07, 6.45) is 4.16. The van der Waals surface area contributed by atoms with Crippen molar-refractivity contribution < 1.29 is 9.15 Å². The molecule has 0 saturated heterocycles. The number of nitrogens with zero attached hydrogens (tertiary/aromatic N) is 2. The van der Waals surface area contributed by atoms with Gasteiger partial charge in [0, 0.05) is 11.3 Å². The molecule has 5 heteroatoms. The van der Waals surface area contributed by atoms with E-state index in [2.05, 4.69) is 34.5 Å². The van der Waals surface area contributed by atoms with Crippen molar-refractivity contribution in [2.24, 2.45) is 0 Å². The first kappa shape index (κ1) is 15.4. The summed E-state index contributed by atoms with van der Waals surface area (Å²) in [6, 6.07) is 17.7. The molecule has 23 heavy (non-hydrogen) atoms. The van der Waals surface area contributed by atoms with Crippen LogP contribution in [-0.4, -0.2) is 23.1 Å². The number of thioether (sulfide) groups is 1. The van der Waals surface area contributed by atoms with Crippen LogP contribution in [0.15, 0.2) is 70.3 Å². The molecule has 2 aromatic carbocycles. The van der Waals surface area contributed by atoms with Gasteiger partial charge in [-0.1, -0.05) is 54.2 Å². The van der Waals surface area contributed by atoms with Gasteiger partial charge < -0.3 is 9.15 Å². The average molecular weight is 324 g/mol. The quantitative estimate of drug-likeness (QED) is 0.623. The minimum atomic E-state index is 0.516. The molecule has 0 N–H and O–H groups in total. The van der Waals surface area contributed by atoms with Crippen molar-refractivity contribution in [3.8, 4) is 17.2 Å². The Balaban J connectivity index is 1.57. The van der Waals surface area contributed by atoms with Crippen LogP contribution in [0.4, 0.5) is 0 Å². The van der Waals surface area contributed by atoms with Gasteiger partial charge in [0.05, 0.1) is 7.11 Å². The van der Waals surface area contributed by atoms with Crippen molar-refractivity contribution in [2.45, 2.75) is 5.22 Å². The third-order valence-corrected chi connectivity index (χ3v) is 3.93. The predicted octanol–water partition coefficient (Wildman–Crippen LogP) is 4.55. The molecule has 3 aromatic rings. The van der Waals surface area contributed by atoms with E-state index in [4.69, 9.17) is 9.15 Å². The molecule has 0 bridgehead atoms. The lowest BCUT2D eigenvalue weighted by Crippen LogP contribution is -1.82. The van der Waals surface area contributed by atoms with Crippen LogP contribution in [-0.2, 0) is 0 Å². The van der Waals surface area contributed by atoms with E-state index in [1.54, 1.807) is 7.11 Å². The van der Waals surface area contributed by atoms with Gasteiger partial charge in [-0.25, -0.2) is 0 Å². The van der Waals surface area contributed by atoms with Crippen LogP contribution in [0.1, 0.15) is 5.56 Å². The Morgan fingerprint density at radius 1 is 1.04 bits per heavy atom. The number of rotatable bonds is 6. The third kappa shape index (κ3) is 4.23. The van der Waals surface area contributed by atoms with Crippen LogP contribution >= 0.6 is 11.8 Å². The first-order chi connectivity index (χ1) is 11.3. The molecule has 0 aliphatic rings. The molecule has 1 heterocycles. The number of hydrogen-bond acceptors (Lipinski definition) is 5. The Bertz CT molecular complexity index is 767. The van der Waals surface area contributed by atoms with Crippen molar-refractivity contribution in [1.29, 1.82) is 0 Å². The zero-order chi connectivity index (χ0) is 15.9. The Morgan fingerprint density at radius 3 is 2.57 bits per heavy atom. The lowest BCUT2D eigenvalue weighted by atomic mass is 10.2. The monoisotopic (exact) mass is 324 g/mol. The largest absolute Gasteiger partial charge is 0.497 e. The smallest absolute Gasteiger partial charge is 0.277 e. The topological polar surface area (TPSA) is 48.2 Å². The van der Waals surface area contributed by atoms with Crippen LogP contribution in [0.2, 0.25) is 0 Å². The molecule has 3 rings (SSSR count). The highest BCUT2D eigenvalue weighted by Crippen LogP contribution is 2.24. The standard InChI is InChI=1S/C18H16N2O2S/c1-21-16-11-9-15(10-12-16)17-19-20-18(22-17)23-13-5-8-14-6-3-2-4-7-14/h2-12H,13H2,1H3/b8-5+. The molecule has 1 aromatic heterocycles. The highest BCUT2D eigenvalue weighted by atomic mass is 32.2. The van der Waals surface area contributed by atoms with Crippen molar-refractivity contribution in [2.75, 3.05) is 12.9 Å². The SMILES string of the molecule is COc1ccc(-c2nnc(SC/C=C/c3ccccc3)o2)cc1. The molecule has 0 radical (unpaired) electrons. The van der Waals surface area contributed by atoms with Gasteiger partial charge >= 0.3 is 0 Å².